The number of rotatable bonds is 26. The summed E-state index contributed by atoms with van der Waals surface area (Å²) < 4.78 is 12.9. The Hall–Kier alpha value is -4.32. The van der Waals surface area contributed by atoms with Gasteiger partial charge in [0.15, 0.2) is 0 Å². The zero-order chi connectivity index (χ0) is 34.0. The van der Waals surface area contributed by atoms with Crippen LogP contribution in [-0.4, -0.2) is 13.2 Å². The second-order valence-corrected chi connectivity index (χ2v) is 11.4. The first kappa shape index (κ1) is 38.9. The van der Waals surface area contributed by atoms with E-state index in [-0.39, 0.29) is 0 Å². The number of hydrogen-bond acceptors (Lipinski definition) is 6. The molecule has 0 spiro atoms. The van der Waals surface area contributed by atoms with Gasteiger partial charge in [0.25, 0.3) is 0 Å². The van der Waals surface area contributed by atoms with Crippen molar-refractivity contribution in [2.45, 2.75) is 98.8 Å². The van der Waals surface area contributed by atoms with Crippen LogP contribution >= 0.6 is 0 Å². The van der Waals surface area contributed by atoms with Gasteiger partial charge in [-0.15, -0.1) is 0 Å². The maximum Gasteiger partial charge on any atom is 0.129 e. The first-order chi connectivity index (χ1) is 23.1. The van der Waals surface area contributed by atoms with Crippen LogP contribution in [0.5, 0.6) is 11.5 Å². The van der Waals surface area contributed by atoms with Crippen LogP contribution in [0.3, 0.4) is 0 Å². The van der Waals surface area contributed by atoms with E-state index < -0.39 is 0 Å². The summed E-state index contributed by atoms with van der Waals surface area (Å²) in [5, 5.41) is 13.8. The number of nitrogens with one attached hydrogen (secondary N) is 4. The van der Waals surface area contributed by atoms with Crippen molar-refractivity contribution in [2.75, 3.05) is 13.2 Å². The first-order valence-corrected chi connectivity index (χ1v) is 17.4. The van der Waals surface area contributed by atoms with Crippen molar-refractivity contribution in [1.29, 1.82) is 0 Å². The predicted octanol–water partition coefficient (Wildman–Crippen LogP) is 9.24. The number of unbranched alkanes of at least 4 members (excludes halogenated alkanes) is 2. The summed E-state index contributed by atoms with van der Waals surface area (Å²) in [6.45, 7) is 20.3. The van der Waals surface area contributed by atoms with Gasteiger partial charge >= 0.3 is 0 Å². The summed E-state index contributed by atoms with van der Waals surface area (Å²) in [6.07, 6.45) is 26.6. The molecule has 0 atom stereocenters. The van der Waals surface area contributed by atoms with Crippen molar-refractivity contribution >= 4 is 0 Å². The van der Waals surface area contributed by atoms with E-state index in [1.165, 1.54) is 11.1 Å². The minimum atomic E-state index is 0.658. The molecule has 6 nitrogen and oxygen atoms in total. The Balaban J connectivity index is 2.61. The van der Waals surface area contributed by atoms with E-state index in [1.54, 1.807) is 12.2 Å². The van der Waals surface area contributed by atoms with E-state index in [0.29, 0.717) is 39.4 Å². The molecular formula is C41H60N4O2. The van der Waals surface area contributed by atoms with Gasteiger partial charge < -0.3 is 30.7 Å². The van der Waals surface area contributed by atoms with Crippen molar-refractivity contribution in [1.82, 2.24) is 21.3 Å². The molecule has 2 rings (SSSR count). The molecule has 0 unspecified atom stereocenters. The minimum Gasteiger partial charge on any atom is -0.493 e. The average molecular weight is 641 g/mol. The van der Waals surface area contributed by atoms with Crippen LogP contribution < -0.4 is 30.7 Å². The third kappa shape index (κ3) is 15.2. The van der Waals surface area contributed by atoms with Gasteiger partial charge in [-0.05, 0) is 104 Å². The van der Waals surface area contributed by atoms with E-state index >= 15 is 0 Å². The van der Waals surface area contributed by atoms with Crippen molar-refractivity contribution in [3.05, 3.63) is 132 Å². The maximum absolute atomic E-state index is 6.46. The Labute approximate surface area is 285 Å². The molecule has 0 amide bonds. The molecule has 2 aromatic rings. The standard InChI is InChI=1S/C41H60N4O2/c1-7-13-19-42-30-36-26-34(27-37(31-43-20-14-8-2)40(36)46-23-17-11-5)25-35-28-38(32-44-21-15-9-3)41(47-24-18-12-6)39(29-35)33-45-22-16-10-4/h7,9,13-16,19-22,26-29,42-45H,1,3,8,10-12,17-18,23-25,30-33H2,2,4-6H3. The fraction of sp³-hybridized carbons (Fsp3) is 0.415. The van der Waals surface area contributed by atoms with Crippen LogP contribution in [0.1, 0.15) is 99.6 Å². The molecule has 6 heteroatoms. The SMILES string of the molecule is C=CC=CNCc1cc(Cc2cc(CNC=CC=C)c(OCCCC)c(CNC=CCC)c2)cc(CNC=CCC)c1OCCCC. The molecule has 0 aliphatic carbocycles. The lowest BCUT2D eigenvalue weighted by Crippen LogP contribution is -2.14. The van der Waals surface area contributed by atoms with E-state index in [2.05, 4.69) is 98.5 Å². The van der Waals surface area contributed by atoms with Gasteiger partial charge in [0.05, 0.1) is 13.2 Å². The molecule has 256 valence electrons. The fourth-order valence-corrected chi connectivity index (χ4v) is 4.98. The summed E-state index contributed by atoms with van der Waals surface area (Å²) in [5.74, 6) is 1.93. The van der Waals surface area contributed by atoms with Crippen LogP contribution in [0.2, 0.25) is 0 Å². The Kier molecular flexibility index (Phi) is 20.6. The highest BCUT2D eigenvalue weighted by Gasteiger charge is 2.16. The monoisotopic (exact) mass is 640 g/mol. The number of ether oxygens (including phenoxy) is 2. The molecule has 0 radical (unpaired) electrons. The lowest BCUT2D eigenvalue weighted by atomic mass is 9.95. The molecule has 0 aliphatic heterocycles. The molecule has 0 bridgehead atoms. The van der Waals surface area contributed by atoms with Crippen LogP contribution in [0.15, 0.2) is 98.7 Å². The minimum absolute atomic E-state index is 0.658. The summed E-state index contributed by atoms with van der Waals surface area (Å²) >= 11 is 0. The van der Waals surface area contributed by atoms with Crippen LogP contribution in [-0.2, 0) is 32.6 Å². The lowest BCUT2D eigenvalue weighted by molar-refractivity contribution is 0.302. The smallest absolute Gasteiger partial charge is 0.129 e. The summed E-state index contributed by atoms with van der Waals surface area (Å²) in [7, 11) is 0. The Bertz CT molecular complexity index is 1210. The molecule has 4 N–H and O–H groups in total. The van der Waals surface area contributed by atoms with Crippen molar-refractivity contribution < 1.29 is 9.47 Å². The zero-order valence-electron chi connectivity index (χ0n) is 29.5. The molecule has 0 heterocycles. The van der Waals surface area contributed by atoms with Gasteiger partial charge in [0.2, 0.25) is 0 Å². The summed E-state index contributed by atoms with van der Waals surface area (Å²) in [4.78, 5) is 0. The van der Waals surface area contributed by atoms with Crippen LogP contribution in [0.4, 0.5) is 0 Å². The highest BCUT2D eigenvalue weighted by molar-refractivity contribution is 5.49. The van der Waals surface area contributed by atoms with Gasteiger partial charge in [0, 0.05) is 48.4 Å². The quantitative estimate of drug-likeness (QED) is 0.0607. The normalized spacial score (nSPS) is 11.5. The van der Waals surface area contributed by atoms with Crippen molar-refractivity contribution in [2.24, 2.45) is 0 Å². The number of allylic oxidation sites excluding steroid dienone is 6. The van der Waals surface area contributed by atoms with Crippen LogP contribution in [0.25, 0.3) is 0 Å². The Morgan fingerprint density at radius 2 is 0.915 bits per heavy atom. The topological polar surface area (TPSA) is 66.6 Å². The summed E-state index contributed by atoms with van der Waals surface area (Å²) in [5.41, 5.74) is 7.09. The van der Waals surface area contributed by atoms with Crippen molar-refractivity contribution in [3.8, 4) is 11.5 Å². The lowest BCUT2D eigenvalue weighted by Gasteiger charge is -2.20. The maximum atomic E-state index is 6.46. The van der Waals surface area contributed by atoms with Gasteiger partial charge in [-0.2, -0.15) is 0 Å². The van der Waals surface area contributed by atoms with Gasteiger partial charge in [-0.3, -0.25) is 0 Å². The highest BCUT2D eigenvalue weighted by Crippen LogP contribution is 2.31. The molecule has 0 fully saturated rings. The van der Waals surface area contributed by atoms with Crippen molar-refractivity contribution in [3.63, 3.8) is 0 Å². The highest BCUT2D eigenvalue weighted by atomic mass is 16.5. The van der Waals surface area contributed by atoms with Crippen LogP contribution in [0, 0.1) is 0 Å². The third-order valence-electron chi connectivity index (χ3n) is 7.32. The van der Waals surface area contributed by atoms with Gasteiger partial charge in [0.1, 0.15) is 11.5 Å². The molecule has 0 aliphatic rings. The number of benzene rings is 2. The molecule has 0 saturated heterocycles. The largest absolute Gasteiger partial charge is 0.493 e. The molecule has 47 heavy (non-hydrogen) atoms. The molecule has 0 aromatic heterocycles. The second kappa shape index (κ2) is 24.9. The Morgan fingerprint density at radius 1 is 0.553 bits per heavy atom. The van der Waals surface area contributed by atoms with E-state index in [0.717, 1.165) is 78.7 Å². The zero-order valence-corrected chi connectivity index (χ0v) is 29.5. The van der Waals surface area contributed by atoms with Gasteiger partial charge in [-0.1, -0.05) is 78.0 Å². The molecular weight excluding hydrogens is 580 g/mol. The number of hydrogen-bond donors (Lipinski definition) is 4. The molecule has 2 aromatic carbocycles. The Morgan fingerprint density at radius 3 is 1.23 bits per heavy atom. The molecule has 0 saturated carbocycles. The predicted molar refractivity (Wildman–Crippen MR) is 201 cm³/mol. The second-order valence-electron chi connectivity index (χ2n) is 11.4. The first-order valence-electron chi connectivity index (χ1n) is 17.4. The summed E-state index contributed by atoms with van der Waals surface area (Å²) in [6, 6.07) is 9.18. The average Bonchev–Trinajstić information content (AvgIpc) is 3.07. The van der Waals surface area contributed by atoms with E-state index in [4.69, 9.17) is 9.47 Å². The van der Waals surface area contributed by atoms with E-state index in [1.807, 2.05) is 37.0 Å². The fourth-order valence-electron chi connectivity index (χ4n) is 4.98. The van der Waals surface area contributed by atoms with E-state index in [9.17, 15) is 0 Å². The third-order valence-corrected chi connectivity index (χ3v) is 7.32. The van der Waals surface area contributed by atoms with Gasteiger partial charge in [-0.25, -0.2) is 0 Å².